The summed E-state index contributed by atoms with van der Waals surface area (Å²) < 4.78 is 36.7. The second-order valence-corrected chi connectivity index (χ2v) is 8.57. The number of furan rings is 1. The van der Waals surface area contributed by atoms with Gasteiger partial charge in [0.15, 0.2) is 5.76 Å². The van der Waals surface area contributed by atoms with Gasteiger partial charge in [-0.25, -0.2) is 13.1 Å². The highest BCUT2D eigenvalue weighted by Crippen LogP contribution is 2.47. The minimum absolute atomic E-state index is 0.127. The quantitative estimate of drug-likeness (QED) is 0.443. The van der Waals surface area contributed by atoms with Gasteiger partial charge in [0.05, 0.1) is 15.8 Å². The van der Waals surface area contributed by atoms with Crippen LogP contribution in [0.3, 0.4) is 0 Å². The van der Waals surface area contributed by atoms with Crippen molar-refractivity contribution < 1.29 is 27.5 Å². The molecule has 0 saturated carbocycles. The third kappa shape index (κ3) is 5.06. The highest BCUT2D eigenvalue weighted by atomic mass is 79.9. The molecule has 0 aliphatic rings. The van der Waals surface area contributed by atoms with E-state index in [2.05, 4.69) is 20.7 Å². The predicted octanol–water partition coefficient (Wildman–Crippen LogP) is 4.41. The SMILES string of the molecule is CC(=O)Oc1c(NS(=O)(=O)CCCBr)oc(-c2ccc(Cl)c(Cl)c2)c1O. The van der Waals surface area contributed by atoms with E-state index in [4.69, 9.17) is 32.4 Å². The van der Waals surface area contributed by atoms with Crippen molar-refractivity contribution in [2.24, 2.45) is 0 Å². The number of carbonyl (C=O) groups excluding carboxylic acids is 1. The molecule has 0 aliphatic carbocycles. The van der Waals surface area contributed by atoms with E-state index in [0.29, 0.717) is 17.3 Å². The number of hydrogen-bond donors (Lipinski definition) is 2. The largest absolute Gasteiger partial charge is 0.502 e. The number of alkyl halides is 1. The summed E-state index contributed by atoms with van der Waals surface area (Å²) in [5.74, 6) is -2.46. The molecule has 0 fully saturated rings. The van der Waals surface area contributed by atoms with Gasteiger partial charge >= 0.3 is 5.97 Å². The zero-order chi connectivity index (χ0) is 19.5. The summed E-state index contributed by atoms with van der Waals surface area (Å²) in [6.45, 7) is 1.11. The van der Waals surface area contributed by atoms with Gasteiger partial charge in [-0.2, -0.15) is 0 Å². The lowest BCUT2D eigenvalue weighted by Gasteiger charge is -2.06. The summed E-state index contributed by atoms with van der Waals surface area (Å²) in [6.07, 6.45) is 0.352. The molecule has 2 N–H and O–H groups in total. The number of carbonyl (C=O) groups is 1. The number of aromatic hydroxyl groups is 1. The van der Waals surface area contributed by atoms with Crippen LogP contribution >= 0.6 is 39.1 Å². The average molecular weight is 487 g/mol. The normalized spacial score (nSPS) is 11.4. The molecule has 1 aromatic heterocycles. The van der Waals surface area contributed by atoms with Gasteiger partial charge in [0.1, 0.15) is 0 Å². The molecular weight excluding hydrogens is 473 g/mol. The molecular formula is C15H14BrCl2NO6S. The Hall–Kier alpha value is -1.42. The van der Waals surface area contributed by atoms with E-state index in [1.54, 1.807) is 0 Å². The maximum Gasteiger partial charge on any atom is 0.308 e. The van der Waals surface area contributed by atoms with Crippen molar-refractivity contribution in [1.82, 2.24) is 0 Å². The van der Waals surface area contributed by atoms with Crippen molar-refractivity contribution in [3.63, 3.8) is 0 Å². The van der Waals surface area contributed by atoms with Crippen LogP contribution in [0.1, 0.15) is 13.3 Å². The molecule has 0 unspecified atom stereocenters. The Morgan fingerprint density at radius 1 is 1.35 bits per heavy atom. The van der Waals surface area contributed by atoms with E-state index in [-0.39, 0.29) is 21.6 Å². The van der Waals surface area contributed by atoms with Gasteiger partial charge in [-0.3, -0.25) is 4.79 Å². The topological polar surface area (TPSA) is 106 Å². The van der Waals surface area contributed by atoms with E-state index in [9.17, 15) is 18.3 Å². The number of ether oxygens (including phenoxy) is 1. The number of anilines is 1. The monoisotopic (exact) mass is 485 g/mol. The third-order valence-corrected chi connectivity index (χ3v) is 5.69. The van der Waals surface area contributed by atoms with Crippen LogP contribution in [0.15, 0.2) is 22.6 Å². The van der Waals surface area contributed by atoms with Crippen LogP contribution in [-0.2, 0) is 14.8 Å². The molecule has 1 aromatic carbocycles. The van der Waals surface area contributed by atoms with Gasteiger partial charge in [-0.15, -0.1) is 0 Å². The van der Waals surface area contributed by atoms with Crippen molar-refractivity contribution in [3.05, 3.63) is 28.2 Å². The van der Waals surface area contributed by atoms with E-state index < -0.39 is 33.4 Å². The van der Waals surface area contributed by atoms with Crippen LogP contribution in [0.4, 0.5) is 5.88 Å². The molecule has 0 saturated heterocycles. The van der Waals surface area contributed by atoms with Crippen LogP contribution in [0.25, 0.3) is 11.3 Å². The lowest BCUT2D eigenvalue weighted by Crippen LogP contribution is -2.17. The number of nitrogens with one attached hydrogen (secondary N) is 1. The molecule has 1 heterocycles. The summed E-state index contributed by atoms with van der Waals surface area (Å²) in [4.78, 5) is 11.3. The van der Waals surface area contributed by atoms with E-state index in [1.165, 1.54) is 18.2 Å². The van der Waals surface area contributed by atoms with Crippen LogP contribution < -0.4 is 9.46 Å². The Labute approximate surface area is 168 Å². The summed E-state index contributed by atoms with van der Waals surface area (Å²) in [7, 11) is -3.78. The van der Waals surface area contributed by atoms with Crippen molar-refractivity contribution >= 4 is 61.0 Å². The molecule has 0 radical (unpaired) electrons. The first-order valence-corrected chi connectivity index (χ1v) is 10.7. The molecule has 7 nitrogen and oxygen atoms in total. The molecule has 26 heavy (non-hydrogen) atoms. The molecule has 2 aromatic rings. The molecule has 0 atom stereocenters. The average Bonchev–Trinajstić information content (AvgIpc) is 2.84. The fourth-order valence-corrected chi connectivity index (χ4v) is 3.98. The zero-order valence-electron chi connectivity index (χ0n) is 13.4. The molecule has 0 aliphatic heterocycles. The Bertz CT molecular complexity index is 928. The smallest absolute Gasteiger partial charge is 0.308 e. The Balaban J connectivity index is 2.50. The second-order valence-electron chi connectivity index (χ2n) is 5.12. The minimum atomic E-state index is -3.78. The highest BCUT2D eigenvalue weighted by molar-refractivity contribution is 9.09. The Kier molecular flexibility index (Phi) is 6.84. The fraction of sp³-hybridized carbons (Fsp3) is 0.267. The minimum Gasteiger partial charge on any atom is -0.502 e. The van der Waals surface area contributed by atoms with Crippen molar-refractivity contribution in [2.45, 2.75) is 13.3 Å². The van der Waals surface area contributed by atoms with Crippen molar-refractivity contribution in [2.75, 3.05) is 15.8 Å². The maximum atomic E-state index is 12.1. The molecule has 142 valence electrons. The maximum absolute atomic E-state index is 12.1. The summed E-state index contributed by atoms with van der Waals surface area (Å²) in [6, 6.07) is 4.41. The van der Waals surface area contributed by atoms with Gasteiger partial charge in [0.2, 0.25) is 21.5 Å². The van der Waals surface area contributed by atoms with E-state index >= 15 is 0 Å². The van der Waals surface area contributed by atoms with Crippen LogP contribution in [0.2, 0.25) is 10.0 Å². The van der Waals surface area contributed by atoms with Crippen molar-refractivity contribution in [3.8, 4) is 22.8 Å². The van der Waals surface area contributed by atoms with Gasteiger partial charge < -0.3 is 14.3 Å². The standard InChI is InChI=1S/C15H14BrCl2NO6S/c1-8(20)24-14-12(21)13(9-3-4-10(17)11(18)7-9)25-15(14)19-26(22,23)6-2-5-16/h3-4,7,19,21H,2,5-6H2,1H3. The number of hydrogen-bond acceptors (Lipinski definition) is 6. The molecule has 0 amide bonds. The first-order chi connectivity index (χ1) is 12.1. The molecule has 0 spiro atoms. The van der Waals surface area contributed by atoms with Crippen LogP contribution in [-0.4, -0.2) is 30.6 Å². The van der Waals surface area contributed by atoms with Gasteiger partial charge in [-0.1, -0.05) is 39.1 Å². The Morgan fingerprint density at radius 2 is 2.04 bits per heavy atom. The second kappa shape index (κ2) is 8.51. The lowest BCUT2D eigenvalue weighted by molar-refractivity contribution is -0.131. The van der Waals surface area contributed by atoms with Gasteiger partial charge in [0, 0.05) is 17.8 Å². The molecule has 0 bridgehead atoms. The fourth-order valence-electron chi connectivity index (χ4n) is 1.98. The number of benzene rings is 1. The number of esters is 1. The predicted molar refractivity (Wildman–Crippen MR) is 103 cm³/mol. The molecule has 11 heteroatoms. The summed E-state index contributed by atoms with van der Waals surface area (Å²) in [5, 5.41) is 11.3. The summed E-state index contributed by atoms with van der Waals surface area (Å²) >= 11 is 15.0. The Morgan fingerprint density at radius 3 is 2.62 bits per heavy atom. The molecule has 2 rings (SSSR count). The number of halogens is 3. The van der Waals surface area contributed by atoms with Crippen LogP contribution in [0.5, 0.6) is 11.5 Å². The van der Waals surface area contributed by atoms with Gasteiger partial charge in [0.25, 0.3) is 5.88 Å². The van der Waals surface area contributed by atoms with Crippen LogP contribution in [0, 0.1) is 0 Å². The number of rotatable bonds is 7. The zero-order valence-corrected chi connectivity index (χ0v) is 17.3. The highest BCUT2D eigenvalue weighted by Gasteiger charge is 2.27. The number of sulfonamides is 1. The van der Waals surface area contributed by atoms with E-state index in [0.717, 1.165) is 6.92 Å². The van der Waals surface area contributed by atoms with Crippen molar-refractivity contribution in [1.29, 1.82) is 0 Å². The van der Waals surface area contributed by atoms with Gasteiger partial charge in [-0.05, 0) is 24.6 Å². The first kappa shape index (κ1) is 20.9. The summed E-state index contributed by atoms with van der Waals surface area (Å²) in [5.41, 5.74) is 0.316. The third-order valence-electron chi connectivity index (χ3n) is 3.06. The lowest BCUT2D eigenvalue weighted by atomic mass is 10.1. The first-order valence-electron chi connectivity index (χ1n) is 7.20. The van der Waals surface area contributed by atoms with E-state index in [1.807, 2.05) is 0 Å².